The van der Waals surface area contributed by atoms with Crippen molar-refractivity contribution in [3.63, 3.8) is 0 Å². The van der Waals surface area contributed by atoms with Crippen LogP contribution in [0, 0.1) is 0 Å². The maximum Gasteiger partial charge on any atom is 0.320 e. The van der Waals surface area contributed by atoms with Gasteiger partial charge in [0.25, 0.3) is 0 Å². The normalized spacial score (nSPS) is 12.3. The first-order valence-corrected chi connectivity index (χ1v) is 13.3. The summed E-state index contributed by atoms with van der Waals surface area (Å²) in [6.45, 7) is 8.06. The maximum atomic E-state index is 12.0. The second-order valence-corrected chi connectivity index (χ2v) is 8.91. The molecule has 0 aromatic carbocycles. The number of carbonyl (C=O) groups is 2. The molecular weight excluding hydrogens is 388 g/mol. The third kappa shape index (κ3) is 18.2. The van der Waals surface area contributed by atoms with Gasteiger partial charge in [0.2, 0.25) is 5.91 Å². The van der Waals surface area contributed by atoms with Gasteiger partial charge in [-0.05, 0) is 25.9 Å². The van der Waals surface area contributed by atoms with Gasteiger partial charge in [-0.3, -0.25) is 14.5 Å². The van der Waals surface area contributed by atoms with Crippen LogP contribution in [0.4, 0.5) is 0 Å². The molecule has 0 heterocycles. The van der Waals surface area contributed by atoms with E-state index >= 15 is 0 Å². The monoisotopic (exact) mass is 440 g/mol. The highest BCUT2D eigenvalue weighted by Gasteiger charge is 2.22. The summed E-state index contributed by atoms with van der Waals surface area (Å²) in [4.78, 5) is 25.3. The minimum absolute atomic E-state index is 0.0541. The van der Waals surface area contributed by atoms with Crippen molar-refractivity contribution < 1.29 is 14.7 Å². The zero-order chi connectivity index (χ0) is 23.2. The molecule has 0 aliphatic heterocycles. The number of rotatable bonds is 23. The van der Waals surface area contributed by atoms with Crippen LogP contribution in [0.25, 0.3) is 0 Å². The molecule has 0 saturated heterocycles. The predicted octanol–water partition coefficient (Wildman–Crippen LogP) is 6.55. The number of hydrogen-bond acceptors (Lipinski definition) is 3. The van der Waals surface area contributed by atoms with Crippen LogP contribution in [-0.4, -0.2) is 47.6 Å². The summed E-state index contributed by atoms with van der Waals surface area (Å²) in [7, 11) is 0. The van der Waals surface area contributed by atoms with E-state index in [0.717, 1.165) is 12.8 Å². The van der Waals surface area contributed by atoms with Crippen LogP contribution in [0.3, 0.4) is 0 Å². The van der Waals surface area contributed by atoms with Gasteiger partial charge in [0.1, 0.15) is 6.04 Å². The molecule has 1 unspecified atom stereocenters. The fraction of sp³-hybridized carbons (Fsp3) is 0.923. The molecule has 0 fully saturated rings. The average Bonchev–Trinajstić information content (AvgIpc) is 2.75. The lowest BCUT2D eigenvalue weighted by Gasteiger charge is -2.26. The third-order valence-corrected chi connectivity index (χ3v) is 6.29. The third-order valence-electron chi connectivity index (χ3n) is 6.29. The van der Waals surface area contributed by atoms with Crippen molar-refractivity contribution in [3.05, 3.63) is 0 Å². The lowest BCUT2D eigenvalue weighted by Crippen LogP contribution is -2.43. The molecule has 5 heteroatoms. The van der Waals surface area contributed by atoms with Crippen molar-refractivity contribution in [2.24, 2.45) is 0 Å². The fourth-order valence-corrected chi connectivity index (χ4v) is 4.22. The summed E-state index contributed by atoms with van der Waals surface area (Å²) in [5, 5.41) is 12.3. The lowest BCUT2D eigenvalue weighted by molar-refractivity contribution is -0.143. The van der Waals surface area contributed by atoms with Crippen LogP contribution in [0.5, 0.6) is 0 Å². The Labute approximate surface area is 192 Å². The zero-order valence-corrected chi connectivity index (χ0v) is 20.9. The molecule has 5 nitrogen and oxygen atoms in total. The molecular formula is C26H52N2O3. The summed E-state index contributed by atoms with van der Waals surface area (Å²) < 4.78 is 0. The summed E-state index contributed by atoms with van der Waals surface area (Å²) >= 11 is 0. The van der Waals surface area contributed by atoms with Crippen LogP contribution < -0.4 is 5.32 Å². The van der Waals surface area contributed by atoms with Crippen LogP contribution in [0.15, 0.2) is 0 Å². The number of carbonyl (C=O) groups excluding carboxylic acids is 1. The molecule has 184 valence electrons. The van der Waals surface area contributed by atoms with E-state index in [4.69, 9.17) is 0 Å². The van der Waals surface area contributed by atoms with Crippen LogP contribution >= 0.6 is 0 Å². The topological polar surface area (TPSA) is 69.6 Å². The first-order valence-electron chi connectivity index (χ1n) is 13.3. The Bertz CT molecular complexity index is 425. The number of amides is 1. The minimum Gasteiger partial charge on any atom is -0.480 e. The highest BCUT2D eigenvalue weighted by Crippen LogP contribution is 2.13. The van der Waals surface area contributed by atoms with Crippen molar-refractivity contribution in [1.82, 2.24) is 10.2 Å². The molecule has 1 atom stereocenters. The van der Waals surface area contributed by atoms with E-state index in [2.05, 4.69) is 12.2 Å². The molecule has 0 spiro atoms. The van der Waals surface area contributed by atoms with Crippen molar-refractivity contribution in [3.8, 4) is 0 Å². The number of nitrogens with one attached hydrogen (secondary N) is 1. The van der Waals surface area contributed by atoms with Gasteiger partial charge < -0.3 is 10.4 Å². The molecule has 0 bridgehead atoms. The lowest BCUT2D eigenvalue weighted by atomic mass is 10.0. The van der Waals surface area contributed by atoms with E-state index in [9.17, 15) is 14.7 Å². The SMILES string of the molecule is CCCCCCCCCCCCCCCCCC(=O)NCCC(C(=O)O)N(CC)CC. The Morgan fingerprint density at radius 1 is 0.710 bits per heavy atom. The first-order chi connectivity index (χ1) is 15.1. The number of unbranched alkanes of at least 4 members (excludes halogenated alkanes) is 14. The van der Waals surface area contributed by atoms with Gasteiger partial charge in [-0.15, -0.1) is 0 Å². The van der Waals surface area contributed by atoms with E-state index in [0.29, 0.717) is 32.5 Å². The van der Waals surface area contributed by atoms with Gasteiger partial charge >= 0.3 is 5.97 Å². The van der Waals surface area contributed by atoms with Crippen LogP contribution in [0.2, 0.25) is 0 Å². The number of carboxylic acids is 1. The Morgan fingerprint density at radius 2 is 1.13 bits per heavy atom. The number of nitrogens with zero attached hydrogens (tertiary/aromatic N) is 1. The molecule has 2 N–H and O–H groups in total. The van der Waals surface area contributed by atoms with E-state index in [-0.39, 0.29) is 5.91 Å². The van der Waals surface area contributed by atoms with Gasteiger partial charge in [-0.25, -0.2) is 0 Å². The molecule has 0 aliphatic carbocycles. The van der Waals surface area contributed by atoms with Crippen LogP contribution in [-0.2, 0) is 9.59 Å². The number of hydrogen-bond donors (Lipinski definition) is 2. The van der Waals surface area contributed by atoms with Gasteiger partial charge in [-0.1, -0.05) is 111 Å². The Balaban J connectivity index is 3.47. The van der Waals surface area contributed by atoms with E-state index < -0.39 is 12.0 Å². The van der Waals surface area contributed by atoms with E-state index in [1.165, 1.54) is 83.5 Å². The average molecular weight is 441 g/mol. The highest BCUT2D eigenvalue weighted by molar-refractivity contribution is 5.76. The predicted molar refractivity (Wildman–Crippen MR) is 132 cm³/mol. The summed E-state index contributed by atoms with van der Waals surface area (Å²) in [6.07, 6.45) is 20.8. The Kier molecular flexibility index (Phi) is 21.3. The van der Waals surface area contributed by atoms with Crippen molar-refractivity contribution >= 4 is 11.9 Å². The molecule has 0 radical (unpaired) electrons. The maximum absolute atomic E-state index is 12.0. The minimum atomic E-state index is -0.805. The molecule has 0 aromatic rings. The van der Waals surface area contributed by atoms with Crippen molar-refractivity contribution in [2.45, 2.75) is 136 Å². The van der Waals surface area contributed by atoms with Crippen LogP contribution in [0.1, 0.15) is 130 Å². The Morgan fingerprint density at radius 3 is 1.52 bits per heavy atom. The van der Waals surface area contributed by atoms with Gasteiger partial charge in [0, 0.05) is 13.0 Å². The standard InChI is InChI=1S/C26H52N2O3/c1-4-7-8-9-10-11-12-13-14-15-16-17-18-19-20-21-25(29)27-23-22-24(26(30)31)28(5-2)6-3/h24H,4-23H2,1-3H3,(H,27,29)(H,30,31). The second-order valence-electron chi connectivity index (χ2n) is 8.91. The van der Waals surface area contributed by atoms with Gasteiger partial charge in [-0.2, -0.15) is 0 Å². The smallest absolute Gasteiger partial charge is 0.320 e. The highest BCUT2D eigenvalue weighted by atomic mass is 16.4. The van der Waals surface area contributed by atoms with Gasteiger partial charge in [0.05, 0.1) is 0 Å². The summed E-state index contributed by atoms with van der Waals surface area (Å²) in [5.74, 6) is -0.751. The quantitative estimate of drug-likeness (QED) is 0.177. The molecule has 31 heavy (non-hydrogen) atoms. The van der Waals surface area contributed by atoms with Crippen molar-refractivity contribution in [1.29, 1.82) is 0 Å². The largest absolute Gasteiger partial charge is 0.480 e. The van der Waals surface area contributed by atoms with Crippen molar-refractivity contribution in [2.75, 3.05) is 19.6 Å². The number of aliphatic carboxylic acids is 1. The number of likely N-dealkylation sites (N-methyl/N-ethyl adjacent to an activating group) is 1. The second kappa shape index (κ2) is 22.1. The molecule has 1 amide bonds. The van der Waals surface area contributed by atoms with Gasteiger partial charge in [0.15, 0.2) is 0 Å². The molecule has 0 rings (SSSR count). The first kappa shape index (κ1) is 29.9. The molecule has 0 saturated carbocycles. The molecule has 0 aromatic heterocycles. The number of carboxylic acid groups (broad SMARTS) is 1. The summed E-state index contributed by atoms with van der Waals surface area (Å²) in [5.41, 5.74) is 0. The zero-order valence-electron chi connectivity index (χ0n) is 20.9. The summed E-state index contributed by atoms with van der Waals surface area (Å²) in [6, 6.07) is -0.513. The fourth-order valence-electron chi connectivity index (χ4n) is 4.22. The Hall–Kier alpha value is -1.10. The van der Waals surface area contributed by atoms with E-state index in [1.54, 1.807) is 0 Å². The molecule has 0 aliphatic rings. The van der Waals surface area contributed by atoms with E-state index in [1.807, 2.05) is 18.7 Å².